The molecule has 0 N–H and O–H groups in total. The third-order valence-electron chi connectivity index (χ3n) is 5.51. The molecule has 102 valence electrons. The van der Waals surface area contributed by atoms with Crippen LogP contribution in [-0.2, 0) is 4.65 Å². The van der Waals surface area contributed by atoms with Gasteiger partial charge < -0.3 is 4.65 Å². The molecule has 2 saturated heterocycles. The summed E-state index contributed by atoms with van der Waals surface area (Å²) >= 11 is 2.05. The SMILES string of the molecule is CSC1CCCCC1OB1C2CCCC1CCC2. The van der Waals surface area contributed by atoms with Gasteiger partial charge in [0, 0.05) is 5.25 Å². The van der Waals surface area contributed by atoms with Crippen LogP contribution in [0.2, 0.25) is 11.6 Å². The molecule has 2 heterocycles. The minimum absolute atomic E-state index is 0.569. The quantitative estimate of drug-likeness (QED) is 0.680. The molecule has 0 amide bonds. The van der Waals surface area contributed by atoms with Crippen molar-refractivity contribution < 1.29 is 4.65 Å². The largest absolute Gasteiger partial charge is 0.432 e. The van der Waals surface area contributed by atoms with Crippen molar-refractivity contribution in [3.05, 3.63) is 0 Å². The van der Waals surface area contributed by atoms with Crippen molar-refractivity contribution in [2.75, 3.05) is 6.26 Å². The van der Waals surface area contributed by atoms with Crippen molar-refractivity contribution in [1.82, 2.24) is 0 Å². The molecule has 2 atom stereocenters. The average Bonchev–Trinajstić information content (AvgIpc) is 2.39. The van der Waals surface area contributed by atoms with E-state index in [2.05, 4.69) is 6.26 Å². The molecule has 0 aromatic heterocycles. The highest BCUT2D eigenvalue weighted by Crippen LogP contribution is 2.48. The van der Waals surface area contributed by atoms with Crippen LogP contribution in [0, 0.1) is 0 Å². The third-order valence-corrected chi connectivity index (χ3v) is 6.65. The van der Waals surface area contributed by atoms with Gasteiger partial charge in [-0.3, -0.25) is 0 Å². The molecule has 1 saturated carbocycles. The minimum Gasteiger partial charge on any atom is -0.432 e. The van der Waals surface area contributed by atoms with Gasteiger partial charge in [0.05, 0.1) is 6.10 Å². The maximum Gasteiger partial charge on any atom is 0.299 e. The Morgan fingerprint density at radius 2 is 1.44 bits per heavy atom. The molecule has 3 aliphatic rings. The Morgan fingerprint density at radius 1 is 0.833 bits per heavy atom. The Labute approximate surface area is 117 Å². The normalized spacial score (nSPS) is 40.8. The summed E-state index contributed by atoms with van der Waals surface area (Å²) in [6, 6.07) is 0. The zero-order valence-corrected chi connectivity index (χ0v) is 12.6. The summed E-state index contributed by atoms with van der Waals surface area (Å²) in [6.07, 6.45) is 17.1. The Hall–Kier alpha value is 0.375. The molecule has 1 nitrogen and oxygen atoms in total. The molecule has 2 bridgehead atoms. The van der Waals surface area contributed by atoms with Crippen molar-refractivity contribution in [3.63, 3.8) is 0 Å². The Kier molecular flexibility index (Phi) is 4.62. The van der Waals surface area contributed by atoms with Crippen LogP contribution in [0.25, 0.3) is 0 Å². The van der Waals surface area contributed by atoms with E-state index < -0.39 is 0 Å². The van der Waals surface area contributed by atoms with E-state index in [0.29, 0.717) is 13.0 Å². The molecule has 1 aliphatic carbocycles. The summed E-state index contributed by atoms with van der Waals surface area (Å²) in [4.78, 5) is 0. The van der Waals surface area contributed by atoms with Gasteiger partial charge in [0.15, 0.2) is 0 Å². The van der Waals surface area contributed by atoms with Gasteiger partial charge in [0.2, 0.25) is 0 Å². The summed E-state index contributed by atoms with van der Waals surface area (Å²) in [5, 5.41) is 0.779. The molecule has 2 unspecified atom stereocenters. The summed E-state index contributed by atoms with van der Waals surface area (Å²) in [6.45, 7) is 0.630. The number of rotatable bonds is 3. The molecule has 3 fully saturated rings. The second-order valence-corrected chi connectivity index (χ2v) is 7.66. The van der Waals surface area contributed by atoms with Gasteiger partial charge in [-0.1, -0.05) is 51.4 Å². The van der Waals surface area contributed by atoms with Gasteiger partial charge in [0.1, 0.15) is 0 Å². The van der Waals surface area contributed by atoms with Crippen molar-refractivity contribution in [2.45, 2.75) is 87.2 Å². The molecule has 18 heavy (non-hydrogen) atoms. The molecular weight excluding hydrogens is 239 g/mol. The van der Waals surface area contributed by atoms with Crippen molar-refractivity contribution in [2.24, 2.45) is 0 Å². The number of hydrogen-bond acceptors (Lipinski definition) is 2. The zero-order chi connectivity index (χ0) is 12.4. The first kappa shape index (κ1) is 13.4. The highest BCUT2D eigenvalue weighted by molar-refractivity contribution is 7.99. The van der Waals surface area contributed by atoms with Crippen molar-refractivity contribution in [3.8, 4) is 0 Å². The lowest BCUT2D eigenvalue weighted by molar-refractivity contribution is 0.142. The van der Waals surface area contributed by atoms with E-state index in [0.717, 1.165) is 16.9 Å². The van der Waals surface area contributed by atoms with Crippen LogP contribution >= 0.6 is 11.8 Å². The van der Waals surface area contributed by atoms with Crippen LogP contribution in [0.15, 0.2) is 0 Å². The van der Waals surface area contributed by atoms with E-state index in [1.54, 1.807) is 0 Å². The topological polar surface area (TPSA) is 9.23 Å². The molecule has 0 radical (unpaired) electrons. The summed E-state index contributed by atoms with van der Waals surface area (Å²) in [5.74, 6) is 1.81. The molecule has 2 aliphatic heterocycles. The van der Waals surface area contributed by atoms with Crippen LogP contribution in [0.5, 0.6) is 0 Å². The van der Waals surface area contributed by atoms with Crippen LogP contribution in [0.3, 0.4) is 0 Å². The lowest BCUT2D eigenvalue weighted by atomic mass is 9.38. The van der Waals surface area contributed by atoms with Gasteiger partial charge in [-0.15, -0.1) is 0 Å². The van der Waals surface area contributed by atoms with Gasteiger partial charge in [0.25, 0.3) is 6.92 Å². The maximum atomic E-state index is 6.68. The first-order valence-corrected chi connectivity index (χ1v) is 9.35. The molecule has 0 spiro atoms. The van der Waals surface area contributed by atoms with E-state index in [-0.39, 0.29) is 0 Å². The fourth-order valence-corrected chi connectivity index (χ4v) is 5.43. The summed E-state index contributed by atoms with van der Waals surface area (Å²) < 4.78 is 6.68. The summed E-state index contributed by atoms with van der Waals surface area (Å²) in [7, 11) is 0. The van der Waals surface area contributed by atoms with E-state index in [4.69, 9.17) is 4.65 Å². The number of fused-ring (bicyclic) bond motifs is 2. The predicted molar refractivity (Wildman–Crippen MR) is 81.6 cm³/mol. The molecule has 3 heteroatoms. The highest BCUT2D eigenvalue weighted by atomic mass is 32.2. The second-order valence-electron chi connectivity index (χ2n) is 6.58. The van der Waals surface area contributed by atoms with Gasteiger partial charge in [-0.25, -0.2) is 0 Å². The summed E-state index contributed by atoms with van der Waals surface area (Å²) in [5.41, 5.74) is 0. The van der Waals surface area contributed by atoms with Crippen LogP contribution in [-0.4, -0.2) is 24.5 Å². The Morgan fingerprint density at radius 3 is 2.06 bits per heavy atom. The predicted octanol–water partition coefficient (Wildman–Crippen LogP) is 4.78. The Balaban J connectivity index is 1.63. The van der Waals surface area contributed by atoms with Crippen LogP contribution in [0.4, 0.5) is 0 Å². The monoisotopic (exact) mass is 266 g/mol. The molecule has 3 rings (SSSR count). The molecular formula is C15H27BOS. The Bertz CT molecular complexity index is 251. The maximum absolute atomic E-state index is 6.68. The van der Waals surface area contributed by atoms with Crippen molar-refractivity contribution in [1.29, 1.82) is 0 Å². The van der Waals surface area contributed by atoms with E-state index in [1.807, 2.05) is 11.8 Å². The average molecular weight is 266 g/mol. The highest BCUT2D eigenvalue weighted by Gasteiger charge is 2.43. The lowest BCUT2D eigenvalue weighted by Crippen LogP contribution is -2.43. The first-order valence-electron chi connectivity index (χ1n) is 8.06. The zero-order valence-electron chi connectivity index (χ0n) is 11.8. The van der Waals surface area contributed by atoms with E-state index in [1.165, 1.54) is 64.2 Å². The van der Waals surface area contributed by atoms with Crippen molar-refractivity contribution >= 4 is 18.7 Å². The first-order chi connectivity index (χ1) is 8.88. The fourth-order valence-electron chi connectivity index (χ4n) is 4.53. The third kappa shape index (κ3) is 2.77. The number of hydrogen-bond donors (Lipinski definition) is 0. The lowest BCUT2D eigenvalue weighted by Gasteiger charge is -2.43. The minimum atomic E-state index is 0.569. The van der Waals surface area contributed by atoms with Gasteiger partial charge in [-0.2, -0.15) is 11.8 Å². The van der Waals surface area contributed by atoms with E-state index >= 15 is 0 Å². The second kappa shape index (κ2) is 6.22. The standard InChI is InChI=1S/C15H27BOS/c1-18-15-11-3-2-10-14(15)17-16-12-6-4-7-13(16)9-5-8-12/h12-15H,2-11H2,1H3. The fraction of sp³-hybridized carbons (Fsp3) is 1.00. The smallest absolute Gasteiger partial charge is 0.299 e. The number of thioether (sulfide) groups is 1. The van der Waals surface area contributed by atoms with Gasteiger partial charge in [-0.05, 0) is 30.7 Å². The van der Waals surface area contributed by atoms with Gasteiger partial charge >= 0.3 is 0 Å². The van der Waals surface area contributed by atoms with Crippen LogP contribution < -0.4 is 0 Å². The molecule has 0 aromatic carbocycles. The van der Waals surface area contributed by atoms with Crippen LogP contribution in [0.1, 0.15) is 64.2 Å². The molecule has 0 aromatic rings. The van der Waals surface area contributed by atoms with E-state index in [9.17, 15) is 0 Å².